The number of fused-ring (bicyclic) bond motifs is 1. The highest BCUT2D eigenvalue weighted by atomic mass is 35.5. The molecule has 10 heteroatoms. The molecule has 0 aliphatic heterocycles. The van der Waals surface area contributed by atoms with Crippen LogP contribution in [0.2, 0.25) is 5.02 Å². The summed E-state index contributed by atoms with van der Waals surface area (Å²) in [5, 5.41) is 22.5. The van der Waals surface area contributed by atoms with Gasteiger partial charge in [0, 0.05) is 27.6 Å². The second kappa shape index (κ2) is 9.08. The molecule has 0 spiro atoms. The minimum atomic E-state index is -0.126. The summed E-state index contributed by atoms with van der Waals surface area (Å²) in [7, 11) is 0. The number of benzene rings is 1. The molecule has 2 aromatic heterocycles. The van der Waals surface area contributed by atoms with E-state index in [1.54, 1.807) is 12.1 Å². The van der Waals surface area contributed by atoms with Gasteiger partial charge < -0.3 is 11.2 Å². The number of halogens is 1. The Morgan fingerprint density at radius 1 is 1.30 bits per heavy atom. The summed E-state index contributed by atoms with van der Waals surface area (Å²) in [6.07, 6.45) is 4.42. The lowest BCUT2D eigenvalue weighted by Gasteiger charge is -2.09. The number of carbonyl (C=O) groups is 1. The fourth-order valence-corrected chi connectivity index (χ4v) is 5.54. The molecule has 1 aliphatic carbocycles. The average molecular weight is 459 g/mol. The van der Waals surface area contributed by atoms with Gasteiger partial charge in [-0.15, -0.1) is 21.5 Å². The normalized spacial score (nSPS) is 12.9. The molecule has 0 atom stereocenters. The van der Waals surface area contributed by atoms with E-state index in [-0.39, 0.29) is 12.3 Å². The molecule has 1 aromatic carbocycles. The molecule has 7 nitrogen and oxygen atoms in total. The maximum Gasteiger partial charge on any atom is 0.225 e. The summed E-state index contributed by atoms with van der Waals surface area (Å²) in [6, 6.07) is 9.44. The number of hydrogen-bond acceptors (Lipinski definition) is 7. The van der Waals surface area contributed by atoms with Crippen molar-refractivity contribution in [2.45, 2.75) is 37.3 Å². The van der Waals surface area contributed by atoms with Crippen molar-refractivity contribution >= 4 is 45.6 Å². The van der Waals surface area contributed by atoms with Crippen LogP contribution in [-0.4, -0.2) is 26.5 Å². The lowest BCUT2D eigenvalue weighted by atomic mass is 9.96. The second-order valence-electron chi connectivity index (χ2n) is 6.86. The Morgan fingerprint density at radius 3 is 2.83 bits per heavy atom. The number of aromatic nitrogens is 3. The first kappa shape index (κ1) is 20.7. The lowest BCUT2D eigenvalue weighted by Crippen LogP contribution is -2.14. The van der Waals surface area contributed by atoms with Gasteiger partial charge in [-0.05, 0) is 55.5 Å². The predicted octanol–water partition coefficient (Wildman–Crippen LogP) is 4.25. The SMILES string of the molecule is N#Cc1c(NC(=O)CCSc2nnc(-c3ccc(Cl)cc3)n2N)sc2c1CCCC2. The van der Waals surface area contributed by atoms with Gasteiger partial charge in [-0.25, -0.2) is 4.68 Å². The van der Waals surface area contributed by atoms with Gasteiger partial charge in [0.2, 0.25) is 11.1 Å². The second-order valence-corrected chi connectivity index (χ2v) is 9.46. The molecule has 0 fully saturated rings. The Hall–Kier alpha value is -2.54. The third kappa shape index (κ3) is 4.31. The van der Waals surface area contributed by atoms with Gasteiger partial charge in [0.05, 0.1) is 5.56 Å². The van der Waals surface area contributed by atoms with Gasteiger partial charge in [-0.1, -0.05) is 23.4 Å². The summed E-state index contributed by atoms with van der Waals surface area (Å²) in [6.45, 7) is 0. The molecular formula is C20H19ClN6OS2. The average Bonchev–Trinajstić information content (AvgIpc) is 3.28. The van der Waals surface area contributed by atoms with Crippen molar-refractivity contribution in [1.82, 2.24) is 14.9 Å². The first-order valence-corrected chi connectivity index (χ1v) is 11.7. The molecule has 3 N–H and O–H groups in total. The number of nitriles is 1. The highest BCUT2D eigenvalue weighted by Crippen LogP contribution is 2.37. The molecule has 0 unspecified atom stereocenters. The van der Waals surface area contributed by atoms with Crippen LogP contribution in [0.4, 0.5) is 5.00 Å². The van der Waals surface area contributed by atoms with Gasteiger partial charge >= 0.3 is 0 Å². The van der Waals surface area contributed by atoms with Crippen LogP contribution >= 0.6 is 34.7 Å². The van der Waals surface area contributed by atoms with Crippen molar-refractivity contribution in [2.24, 2.45) is 0 Å². The van der Waals surface area contributed by atoms with Crippen molar-refractivity contribution in [1.29, 1.82) is 5.26 Å². The fraction of sp³-hybridized carbons (Fsp3) is 0.300. The van der Waals surface area contributed by atoms with E-state index in [9.17, 15) is 10.1 Å². The number of rotatable bonds is 6. The smallest absolute Gasteiger partial charge is 0.225 e. The summed E-state index contributed by atoms with van der Waals surface area (Å²) in [5.74, 6) is 7.01. The molecule has 154 valence electrons. The third-order valence-corrected chi connectivity index (χ3v) is 7.27. The number of hydrogen-bond donors (Lipinski definition) is 2. The van der Waals surface area contributed by atoms with E-state index in [0.717, 1.165) is 36.8 Å². The van der Waals surface area contributed by atoms with Crippen molar-refractivity contribution in [3.63, 3.8) is 0 Å². The number of nitrogens with two attached hydrogens (primary N) is 1. The van der Waals surface area contributed by atoms with Crippen LogP contribution in [-0.2, 0) is 17.6 Å². The molecule has 0 saturated carbocycles. The summed E-state index contributed by atoms with van der Waals surface area (Å²) >= 11 is 8.81. The number of nitrogen functional groups attached to an aromatic ring is 1. The minimum absolute atomic E-state index is 0.126. The number of thioether (sulfide) groups is 1. The van der Waals surface area contributed by atoms with Crippen LogP contribution in [0.5, 0.6) is 0 Å². The maximum atomic E-state index is 12.4. The number of nitrogens with one attached hydrogen (secondary N) is 1. The molecule has 2 heterocycles. The Balaban J connectivity index is 1.35. The van der Waals surface area contributed by atoms with E-state index >= 15 is 0 Å². The first-order chi connectivity index (χ1) is 14.6. The number of amides is 1. The highest BCUT2D eigenvalue weighted by Gasteiger charge is 2.22. The summed E-state index contributed by atoms with van der Waals surface area (Å²) in [4.78, 5) is 13.6. The Kier molecular flexibility index (Phi) is 6.27. The molecule has 30 heavy (non-hydrogen) atoms. The Bertz CT molecular complexity index is 1120. The number of thiophene rings is 1. The predicted molar refractivity (Wildman–Crippen MR) is 120 cm³/mol. The van der Waals surface area contributed by atoms with Crippen LogP contribution in [0, 0.1) is 11.3 Å². The van der Waals surface area contributed by atoms with E-state index in [2.05, 4.69) is 21.6 Å². The van der Waals surface area contributed by atoms with E-state index in [4.69, 9.17) is 17.4 Å². The van der Waals surface area contributed by atoms with Crippen molar-refractivity contribution in [3.8, 4) is 17.5 Å². The van der Waals surface area contributed by atoms with Gasteiger partial charge in [0.1, 0.15) is 11.1 Å². The molecule has 0 bridgehead atoms. The zero-order valence-electron chi connectivity index (χ0n) is 16.0. The number of aryl methyl sites for hydroxylation is 1. The van der Waals surface area contributed by atoms with Crippen molar-refractivity contribution in [3.05, 3.63) is 45.3 Å². The van der Waals surface area contributed by atoms with E-state index in [0.29, 0.717) is 32.3 Å². The van der Waals surface area contributed by atoms with Gasteiger partial charge in [-0.2, -0.15) is 5.26 Å². The number of anilines is 1. The van der Waals surface area contributed by atoms with E-state index in [1.807, 2.05) is 12.1 Å². The standard InChI is InChI=1S/C20H19ClN6OS2/c21-13-7-5-12(6-8-13)18-25-26-20(27(18)23)29-10-9-17(28)24-19-15(11-22)14-3-1-2-4-16(14)30-19/h5-8H,1-4,9-10,23H2,(H,24,28). The topological polar surface area (TPSA) is 110 Å². The molecular weight excluding hydrogens is 440 g/mol. The zero-order valence-corrected chi connectivity index (χ0v) is 18.4. The van der Waals surface area contributed by atoms with Gasteiger partial charge in [-0.3, -0.25) is 4.79 Å². The van der Waals surface area contributed by atoms with Crippen molar-refractivity contribution < 1.29 is 4.79 Å². The quantitative estimate of drug-likeness (QED) is 0.422. The maximum absolute atomic E-state index is 12.4. The van der Waals surface area contributed by atoms with Crippen LogP contribution in [0.25, 0.3) is 11.4 Å². The van der Waals surface area contributed by atoms with Gasteiger partial charge in [0.15, 0.2) is 5.82 Å². The highest BCUT2D eigenvalue weighted by molar-refractivity contribution is 7.99. The molecule has 1 aliphatic rings. The summed E-state index contributed by atoms with van der Waals surface area (Å²) in [5.41, 5.74) is 2.55. The molecule has 3 aromatic rings. The van der Waals surface area contributed by atoms with Crippen LogP contribution in [0.1, 0.15) is 35.3 Å². The summed E-state index contributed by atoms with van der Waals surface area (Å²) < 4.78 is 1.41. The third-order valence-electron chi connectivity index (χ3n) is 4.86. The van der Waals surface area contributed by atoms with Crippen molar-refractivity contribution in [2.75, 3.05) is 16.9 Å². The van der Waals surface area contributed by atoms with Crippen LogP contribution in [0.3, 0.4) is 0 Å². The zero-order chi connectivity index (χ0) is 21.1. The molecule has 0 radical (unpaired) electrons. The fourth-order valence-electron chi connectivity index (χ4n) is 3.37. The number of nitrogens with zero attached hydrogens (tertiary/aromatic N) is 4. The van der Waals surface area contributed by atoms with Crippen LogP contribution < -0.4 is 11.2 Å². The Labute approximate surface area is 187 Å². The minimum Gasteiger partial charge on any atom is -0.335 e. The lowest BCUT2D eigenvalue weighted by molar-refractivity contribution is -0.115. The van der Waals surface area contributed by atoms with E-state index < -0.39 is 0 Å². The number of carbonyl (C=O) groups excluding carboxylic acids is 1. The molecule has 1 amide bonds. The first-order valence-electron chi connectivity index (χ1n) is 9.50. The van der Waals surface area contributed by atoms with Crippen LogP contribution in [0.15, 0.2) is 29.4 Å². The monoisotopic (exact) mass is 458 g/mol. The largest absolute Gasteiger partial charge is 0.335 e. The van der Waals surface area contributed by atoms with Gasteiger partial charge in [0.25, 0.3) is 0 Å². The Morgan fingerprint density at radius 2 is 2.07 bits per heavy atom. The molecule has 0 saturated heterocycles. The van der Waals surface area contributed by atoms with E-state index in [1.165, 1.54) is 32.7 Å². The molecule has 4 rings (SSSR count).